The van der Waals surface area contributed by atoms with Crippen molar-refractivity contribution >= 4 is 17.6 Å². The SMILES string of the molecule is C=CCNC(=O)N1C(=O)CCC1c1ccc(CCCCN2CCN(c3ccccc3OC)CC2)cc1. The van der Waals surface area contributed by atoms with Gasteiger partial charge in [0.2, 0.25) is 5.91 Å². The van der Waals surface area contributed by atoms with Crippen molar-refractivity contribution in [3.63, 3.8) is 0 Å². The highest BCUT2D eigenvalue weighted by Gasteiger charge is 2.36. The van der Waals surface area contributed by atoms with E-state index in [1.807, 2.05) is 12.1 Å². The first-order valence-corrected chi connectivity index (χ1v) is 13.0. The number of unbranched alkanes of at least 4 members (excludes halogenated alkanes) is 1. The van der Waals surface area contributed by atoms with Crippen LogP contribution < -0.4 is 15.0 Å². The average Bonchev–Trinajstić information content (AvgIpc) is 3.31. The zero-order chi connectivity index (χ0) is 25.3. The van der Waals surface area contributed by atoms with Crippen molar-refractivity contribution in [1.82, 2.24) is 15.1 Å². The number of benzene rings is 2. The topological polar surface area (TPSA) is 65.1 Å². The maximum Gasteiger partial charge on any atom is 0.324 e. The normalized spacial score (nSPS) is 18.4. The van der Waals surface area contributed by atoms with E-state index >= 15 is 0 Å². The van der Waals surface area contributed by atoms with E-state index in [0.717, 1.165) is 56.9 Å². The van der Waals surface area contributed by atoms with Gasteiger partial charge in [-0.2, -0.15) is 0 Å². The monoisotopic (exact) mass is 490 g/mol. The number of hydrogen-bond donors (Lipinski definition) is 1. The third-order valence-electron chi connectivity index (χ3n) is 7.18. The van der Waals surface area contributed by atoms with Crippen LogP contribution in [0.3, 0.4) is 0 Å². The van der Waals surface area contributed by atoms with Gasteiger partial charge in [0.05, 0.1) is 18.8 Å². The van der Waals surface area contributed by atoms with E-state index in [4.69, 9.17) is 4.74 Å². The van der Waals surface area contributed by atoms with Gasteiger partial charge in [0.15, 0.2) is 0 Å². The van der Waals surface area contributed by atoms with Crippen LogP contribution in [-0.2, 0) is 11.2 Å². The lowest BCUT2D eigenvalue weighted by Crippen LogP contribution is -2.46. The standard InChI is InChI=1S/C29H38N4O3/c1-3-17-30-29(35)33-25(15-16-28(33)34)24-13-11-23(12-14-24)8-6-7-18-31-19-21-32(22-20-31)26-9-4-5-10-27(26)36-2/h3-5,9-14,25H,1,6-8,15-22H2,2H3,(H,30,35). The summed E-state index contributed by atoms with van der Waals surface area (Å²) in [6, 6.07) is 16.2. The van der Waals surface area contributed by atoms with E-state index < -0.39 is 0 Å². The summed E-state index contributed by atoms with van der Waals surface area (Å²) in [5.74, 6) is 0.828. The summed E-state index contributed by atoms with van der Waals surface area (Å²) in [6.45, 7) is 9.28. The Morgan fingerprint density at radius 3 is 2.56 bits per heavy atom. The summed E-state index contributed by atoms with van der Waals surface area (Å²) in [5.41, 5.74) is 3.50. The highest BCUT2D eigenvalue weighted by Crippen LogP contribution is 2.33. The molecule has 2 aliphatic rings. The number of ether oxygens (including phenoxy) is 1. The molecule has 0 bridgehead atoms. The number of carbonyl (C=O) groups is 2. The summed E-state index contributed by atoms with van der Waals surface area (Å²) in [7, 11) is 1.73. The lowest BCUT2D eigenvalue weighted by Gasteiger charge is -2.36. The van der Waals surface area contributed by atoms with Gasteiger partial charge in [-0.3, -0.25) is 14.6 Å². The number of likely N-dealkylation sites (tertiary alicyclic amines) is 1. The third kappa shape index (κ3) is 6.26. The summed E-state index contributed by atoms with van der Waals surface area (Å²) in [4.78, 5) is 31.0. The highest BCUT2D eigenvalue weighted by molar-refractivity contribution is 5.96. The summed E-state index contributed by atoms with van der Waals surface area (Å²) in [6.07, 6.45) is 6.04. The number of urea groups is 1. The molecule has 0 aromatic heterocycles. The Balaban J connectivity index is 1.20. The van der Waals surface area contributed by atoms with Crippen LogP contribution in [0.25, 0.3) is 0 Å². The first kappa shape index (κ1) is 25.8. The fourth-order valence-corrected chi connectivity index (χ4v) is 5.17. The molecule has 36 heavy (non-hydrogen) atoms. The minimum absolute atomic E-state index is 0.116. The number of piperazine rings is 1. The van der Waals surface area contributed by atoms with Crippen molar-refractivity contribution in [2.75, 3.05) is 51.3 Å². The lowest BCUT2D eigenvalue weighted by molar-refractivity contribution is -0.126. The molecule has 192 valence electrons. The molecule has 4 rings (SSSR count). The fraction of sp³-hybridized carbons (Fsp3) is 0.448. The molecule has 7 nitrogen and oxygen atoms in total. The molecule has 2 aliphatic heterocycles. The quantitative estimate of drug-likeness (QED) is 0.395. The van der Waals surface area contributed by atoms with Crippen molar-refractivity contribution in [3.8, 4) is 5.75 Å². The van der Waals surface area contributed by atoms with Crippen LogP contribution in [0.15, 0.2) is 61.2 Å². The van der Waals surface area contributed by atoms with Gasteiger partial charge in [-0.05, 0) is 55.5 Å². The maximum atomic E-state index is 12.4. The molecule has 0 aliphatic carbocycles. The molecule has 0 spiro atoms. The third-order valence-corrected chi connectivity index (χ3v) is 7.18. The molecule has 0 saturated carbocycles. The van der Waals surface area contributed by atoms with Crippen molar-refractivity contribution in [2.24, 2.45) is 0 Å². The van der Waals surface area contributed by atoms with Gasteiger partial charge in [0.25, 0.3) is 0 Å². The number of anilines is 1. The van der Waals surface area contributed by atoms with Gasteiger partial charge in [-0.25, -0.2) is 4.79 Å². The first-order valence-electron chi connectivity index (χ1n) is 13.0. The largest absolute Gasteiger partial charge is 0.495 e. The number of nitrogens with one attached hydrogen (secondary N) is 1. The molecule has 2 aromatic carbocycles. The molecule has 0 radical (unpaired) electrons. The molecule has 7 heteroatoms. The molecular formula is C29H38N4O3. The van der Waals surface area contributed by atoms with Gasteiger partial charge in [0.1, 0.15) is 5.75 Å². The molecule has 1 N–H and O–H groups in total. The molecule has 2 heterocycles. The molecule has 1 unspecified atom stereocenters. The number of amides is 3. The number of hydrogen-bond acceptors (Lipinski definition) is 5. The number of rotatable bonds is 10. The van der Waals surface area contributed by atoms with Gasteiger partial charge in [0, 0.05) is 39.1 Å². The Morgan fingerprint density at radius 1 is 1.08 bits per heavy atom. The Labute approximate surface area is 214 Å². The number of aryl methyl sites for hydroxylation is 1. The van der Waals surface area contributed by atoms with Crippen LogP contribution in [0.5, 0.6) is 5.75 Å². The second-order valence-electron chi connectivity index (χ2n) is 9.49. The first-order chi connectivity index (χ1) is 17.6. The van der Waals surface area contributed by atoms with Crippen LogP contribution in [0, 0.1) is 0 Å². The molecule has 2 saturated heterocycles. The number of nitrogens with zero attached hydrogens (tertiary/aromatic N) is 3. The zero-order valence-corrected chi connectivity index (χ0v) is 21.3. The van der Waals surface area contributed by atoms with E-state index in [2.05, 4.69) is 58.1 Å². The predicted molar refractivity (Wildman–Crippen MR) is 143 cm³/mol. The fourth-order valence-electron chi connectivity index (χ4n) is 5.17. The van der Waals surface area contributed by atoms with Crippen LogP contribution in [0.4, 0.5) is 10.5 Å². The Hall–Kier alpha value is -3.32. The van der Waals surface area contributed by atoms with Gasteiger partial charge in [-0.15, -0.1) is 6.58 Å². The van der Waals surface area contributed by atoms with E-state index in [1.165, 1.54) is 22.6 Å². The van der Waals surface area contributed by atoms with Crippen LogP contribution in [0.1, 0.15) is 42.9 Å². The zero-order valence-electron chi connectivity index (χ0n) is 21.3. The number of imide groups is 1. The second kappa shape index (κ2) is 12.6. The molecule has 3 amide bonds. The van der Waals surface area contributed by atoms with Crippen molar-refractivity contribution in [1.29, 1.82) is 0 Å². The Kier molecular flexibility index (Phi) is 9.01. The predicted octanol–water partition coefficient (Wildman–Crippen LogP) is 4.40. The second-order valence-corrected chi connectivity index (χ2v) is 9.49. The minimum Gasteiger partial charge on any atom is -0.495 e. The smallest absolute Gasteiger partial charge is 0.324 e. The van der Waals surface area contributed by atoms with Crippen LogP contribution >= 0.6 is 0 Å². The maximum absolute atomic E-state index is 12.4. The van der Waals surface area contributed by atoms with Gasteiger partial charge < -0.3 is 15.0 Å². The van der Waals surface area contributed by atoms with E-state index in [1.54, 1.807) is 13.2 Å². The van der Waals surface area contributed by atoms with E-state index in [9.17, 15) is 9.59 Å². The Bertz CT molecular complexity index is 1030. The number of carbonyl (C=O) groups excluding carboxylic acids is 2. The molecular weight excluding hydrogens is 452 g/mol. The van der Waals surface area contributed by atoms with Crippen molar-refractivity contribution in [2.45, 2.75) is 38.1 Å². The molecule has 2 fully saturated rings. The van der Waals surface area contributed by atoms with Gasteiger partial charge in [-0.1, -0.05) is 42.5 Å². The van der Waals surface area contributed by atoms with Gasteiger partial charge >= 0.3 is 6.03 Å². The minimum atomic E-state index is -0.338. The highest BCUT2D eigenvalue weighted by atomic mass is 16.5. The van der Waals surface area contributed by atoms with Crippen molar-refractivity contribution < 1.29 is 14.3 Å². The van der Waals surface area contributed by atoms with E-state index in [-0.39, 0.29) is 18.0 Å². The summed E-state index contributed by atoms with van der Waals surface area (Å²) >= 11 is 0. The number of para-hydroxylation sites is 2. The summed E-state index contributed by atoms with van der Waals surface area (Å²) < 4.78 is 5.52. The lowest BCUT2D eigenvalue weighted by atomic mass is 10.0. The van der Waals surface area contributed by atoms with Crippen LogP contribution in [-0.4, -0.2) is 68.1 Å². The van der Waals surface area contributed by atoms with E-state index in [0.29, 0.717) is 19.4 Å². The molecule has 2 aromatic rings. The average molecular weight is 491 g/mol. The number of methoxy groups -OCH3 is 1. The Morgan fingerprint density at radius 2 is 1.83 bits per heavy atom. The van der Waals surface area contributed by atoms with Crippen LogP contribution in [0.2, 0.25) is 0 Å². The molecule has 1 atom stereocenters. The summed E-state index contributed by atoms with van der Waals surface area (Å²) in [5, 5.41) is 2.73. The van der Waals surface area contributed by atoms with Crippen molar-refractivity contribution in [3.05, 3.63) is 72.3 Å².